The highest BCUT2D eigenvalue weighted by Crippen LogP contribution is 1.95. The Morgan fingerprint density at radius 3 is 2.20 bits per heavy atom. The van der Waals surface area contributed by atoms with Crippen molar-refractivity contribution < 1.29 is 29.0 Å². The van der Waals surface area contributed by atoms with Crippen LogP contribution in [0.25, 0.3) is 0 Å². The van der Waals surface area contributed by atoms with Crippen molar-refractivity contribution in [2.75, 3.05) is 20.3 Å². The van der Waals surface area contributed by atoms with Crippen LogP contribution < -0.4 is 10.6 Å². The fourth-order valence-electron chi connectivity index (χ4n) is 1.17. The summed E-state index contributed by atoms with van der Waals surface area (Å²) in [6.07, 6.45) is -0.807. The van der Waals surface area contributed by atoms with Crippen LogP contribution in [-0.4, -0.2) is 55.5 Å². The average Bonchev–Trinajstić information content (AvgIpc) is 2.40. The Kier molecular flexibility index (Phi) is 8.30. The minimum atomic E-state index is -1.19. The topological polar surface area (TPSA) is 114 Å². The molecule has 0 aliphatic heterocycles. The highest BCUT2D eigenvalue weighted by Gasteiger charge is 2.24. The number of aliphatic hydroxyl groups is 1. The van der Waals surface area contributed by atoms with Gasteiger partial charge in [-0.25, -0.2) is 9.59 Å². The highest BCUT2D eigenvalue weighted by atomic mass is 16.5. The van der Waals surface area contributed by atoms with Crippen molar-refractivity contribution in [3.8, 4) is 0 Å². The highest BCUT2D eigenvalue weighted by molar-refractivity contribution is 5.89. The molecule has 116 valence electrons. The van der Waals surface area contributed by atoms with Gasteiger partial charge in [0.25, 0.3) is 0 Å². The van der Waals surface area contributed by atoms with Crippen molar-refractivity contribution in [2.24, 2.45) is 5.92 Å². The summed E-state index contributed by atoms with van der Waals surface area (Å²) < 4.78 is 9.27. The summed E-state index contributed by atoms with van der Waals surface area (Å²) in [6, 6.07) is -2.07. The van der Waals surface area contributed by atoms with Crippen LogP contribution in [0.1, 0.15) is 20.8 Å². The normalized spacial score (nSPS) is 13.3. The van der Waals surface area contributed by atoms with Crippen molar-refractivity contribution in [3.63, 3.8) is 0 Å². The molecule has 0 aromatic carbocycles. The second-order valence-electron chi connectivity index (χ2n) is 4.63. The molecule has 0 heterocycles. The van der Waals surface area contributed by atoms with Gasteiger partial charge in [0, 0.05) is 0 Å². The first kappa shape index (κ1) is 18.2. The van der Waals surface area contributed by atoms with E-state index in [1.54, 1.807) is 0 Å². The molecule has 0 aromatic rings. The number of esters is 1. The molecule has 2 amide bonds. The first-order valence-electron chi connectivity index (χ1n) is 6.24. The molecule has 0 rings (SSSR count). The van der Waals surface area contributed by atoms with Gasteiger partial charge in [-0.05, 0) is 12.8 Å². The molecule has 0 aliphatic carbocycles. The zero-order valence-electron chi connectivity index (χ0n) is 12.1. The molecule has 2 atom stereocenters. The van der Waals surface area contributed by atoms with Gasteiger partial charge >= 0.3 is 12.1 Å². The fraction of sp³-hybridized carbons (Fsp3) is 0.750. The van der Waals surface area contributed by atoms with Gasteiger partial charge in [0.05, 0.1) is 20.3 Å². The smallest absolute Gasteiger partial charge is 0.407 e. The van der Waals surface area contributed by atoms with Crippen LogP contribution in [0.5, 0.6) is 0 Å². The van der Waals surface area contributed by atoms with E-state index < -0.39 is 36.7 Å². The lowest BCUT2D eigenvalue weighted by molar-refractivity contribution is -0.144. The maximum Gasteiger partial charge on any atom is 0.407 e. The van der Waals surface area contributed by atoms with Crippen molar-refractivity contribution in [1.29, 1.82) is 0 Å². The third-order valence-electron chi connectivity index (χ3n) is 2.25. The molecular formula is C12H22N2O6. The van der Waals surface area contributed by atoms with E-state index >= 15 is 0 Å². The Morgan fingerprint density at radius 2 is 1.75 bits per heavy atom. The van der Waals surface area contributed by atoms with Crippen molar-refractivity contribution in [3.05, 3.63) is 0 Å². The van der Waals surface area contributed by atoms with Gasteiger partial charge in [-0.1, -0.05) is 13.8 Å². The Labute approximate surface area is 117 Å². The summed E-state index contributed by atoms with van der Waals surface area (Å²) >= 11 is 0. The molecule has 0 aliphatic rings. The average molecular weight is 290 g/mol. The Hall–Kier alpha value is -1.83. The number of methoxy groups -OCH3 is 1. The summed E-state index contributed by atoms with van der Waals surface area (Å²) in [5.74, 6) is -1.18. The molecule has 0 saturated heterocycles. The Morgan fingerprint density at radius 1 is 1.15 bits per heavy atom. The molecule has 0 spiro atoms. The molecule has 0 bridgehead atoms. The zero-order chi connectivity index (χ0) is 15.7. The lowest BCUT2D eigenvalue weighted by Gasteiger charge is -2.18. The first-order valence-corrected chi connectivity index (χ1v) is 6.24. The molecule has 0 fully saturated rings. The van der Waals surface area contributed by atoms with Crippen LogP contribution in [-0.2, 0) is 19.1 Å². The number of aliphatic hydroxyl groups excluding tert-OH is 1. The summed E-state index contributed by atoms with van der Waals surface area (Å²) in [6.45, 7) is 4.74. The number of nitrogens with one attached hydrogen (secondary N) is 2. The second-order valence-corrected chi connectivity index (χ2v) is 4.63. The van der Waals surface area contributed by atoms with Gasteiger partial charge in [0.2, 0.25) is 5.91 Å². The number of rotatable bonds is 7. The molecular weight excluding hydrogens is 268 g/mol. The van der Waals surface area contributed by atoms with Crippen LogP contribution in [0.15, 0.2) is 0 Å². The van der Waals surface area contributed by atoms with Crippen molar-refractivity contribution >= 4 is 18.0 Å². The van der Waals surface area contributed by atoms with E-state index in [2.05, 4.69) is 15.4 Å². The van der Waals surface area contributed by atoms with Crippen molar-refractivity contribution in [2.45, 2.75) is 32.9 Å². The number of alkyl carbamates (subject to hydrolysis) is 1. The quantitative estimate of drug-likeness (QED) is 0.540. The monoisotopic (exact) mass is 290 g/mol. The summed E-state index contributed by atoms with van der Waals surface area (Å²) in [5, 5.41) is 13.6. The predicted molar refractivity (Wildman–Crippen MR) is 69.8 cm³/mol. The standard InChI is InChI=1S/C12H22N2O6/c1-7(2)6-20-12(18)14-9(5-15)10(16)13-8(3)11(17)19-4/h7-9,15H,5-6H2,1-4H3,(H,13,16)(H,14,18)/t8-,9+/m0/s1. The van der Waals surface area contributed by atoms with Gasteiger partial charge in [-0.15, -0.1) is 0 Å². The predicted octanol–water partition coefficient (Wildman–Crippen LogP) is -0.593. The van der Waals surface area contributed by atoms with E-state index in [4.69, 9.17) is 9.84 Å². The summed E-state index contributed by atoms with van der Waals surface area (Å²) in [7, 11) is 1.19. The summed E-state index contributed by atoms with van der Waals surface area (Å²) in [4.78, 5) is 34.3. The van der Waals surface area contributed by atoms with Gasteiger partial charge in [0.1, 0.15) is 12.1 Å². The van der Waals surface area contributed by atoms with Crippen LogP contribution in [0, 0.1) is 5.92 Å². The third-order valence-corrected chi connectivity index (χ3v) is 2.25. The Balaban J connectivity index is 4.34. The van der Waals surface area contributed by atoms with E-state index in [0.29, 0.717) is 0 Å². The maximum absolute atomic E-state index is 11.7. The van der Waals surface area contributed by atoms with E-state index in [1.165, 1.54) is 14.0 Å². The minimum Gasteiger partial charge on any atom is -0.467 e. The van der Waals surface area contributed by atoms with Gasteiger partial charge in [0.15, 0.2) is 0 Å². The van der Waals surface area contributed by atoms with E-state index in [1.807, 2.05) is 13.8 Å². The van der Waals surface area contributed by atoms with Crippen LogP contribution in [0.2, 0.25) is 0 Å². The lowest BCUT2D eigenvalue weighted by atomic mass is 10.2. The number of hydrogen-bond acceptors (Lipinski definition) is 6. The molecule has 8 heteroatoms. The zero-order valence-corrected chi connectivity index (χ0v) is 12.1. The molecule has 0 saturated carbocycles. The number of carbonyl (C=O) groups excluding carboxylic acids is 3. The fourth-order valence-corrected chi connectivity index (χ4v) is 1.17. The number of carbonyl (C=O) groups is 3. The van der Waals surface area contributed by atoms with Gasteiger partial charge < -0.3 is 25.2 Å². The number of hydrogen-bond donors (Lipinski definition) is 3. The van der Waals surface area contributed by atoms with E-state index in [-0.39, 0.29) is 12.5 Å². The maximum atomic E-state index is 11.7. The van der Waals surface area contributed by atoms with Crippen LogP contribution in [0.4, 0.5) is 4.79 Å². The molecule has 0 unspecified atom stereocenters. The third kappa shape index (κ3) is 6.93. The molecule has 8 nitrogen and oxygen atoms in total. The molecule has 0 radical (unpaired) electrons. The van der Waals surface area contributed by atoms with Crippen molar-refractivity contribution in [1.82, 2.24) is 10.6 Å². The van der Waals surface area contributed by atoms with Gasteiger partial charge in [-0.2, -0.15) is 0 Å². The van der Waals surface area contributed by atoms with E-state index in [0.717, 1.165) is 0 Å². The van der Waals surface area contributed by atoms with Crippen LogP contribution >= 0.6 is 0 Å². The van der Waals surface area contributed by atoms with E-state index in [9.17, 15) is 14.4 Å². The summed E-state index contributed by atoms with van der Waals surface area (Å²) in [5.41, 5.74) is 0. The molecule has 20 heavy (non-hydrogen) atoms. The number of amides is 2. The molecule has 3 N–H and O–H groups in total. The molecule has 0 aromatic heterocycles. The minimum absolute atomic E-state index is 0.154. The first-order chi connectivity index (χ1) is 9.31. The van der Waals surface area contributed by atoms with Crippen LogP contribution in [0.3, 0.4) is 0 Å². The Bertz CT molecular complexity index is 345. The van der Waals surface area contributed by atoms with Gasteiger partial charge in [-0.3, -0.25) is 4.79 Å². The lowest BCUT2D eigenvalue weighted by Crippen LogP contribution is -2.52. The number of ether oxygens (including phenoxy) is 2. The second kappa shape index (κ2) is 9.13. The SMILES string of the molecule is COC(=O)[C@H](C)NC(=O)[C@@H](CO)NC(=O)OCC(C)C. The largest absolute Gasteiger partial charge is 0.467 e.